The molecule has 1 aliphatic heterocycles. The largest absolute Gasteiger partial charge is 0.459 e. The number of furan rings is 1. The molecule has 5 heteroatoms. The van der Waals surface area contributed by atoms with Crippen molar-refractivity contribution < 1.29 is 23.4 Å². The summed E-state index contributed by atoms with van der Waals surface area (Å²) >= 11 is 0. The van der Waals surface area contributed by atoms with Gasteiger partial charge in [0.25, 0.3) is 0 Å². The molecule has 1 aliphatic carbocycles. The molecule has 0 fully saturated rings. The van der Waals surface area contributed by atoms with Crippen LogP contribution in [0.3, 0.4) is 0 Å². The van der Waals surface area contributed by atoms with Gasteiger partial charge in [0.05, 0.1) is 12.7 Å². The van der Waals surface area contributed by atoms with Crippen molar-refractivity contribution in [2.75, 3.05) is 7.11 Å². The molecule has 5 nitrogen and oxygen atoms in total. The maximum absolute atomic E-state index is 11.0. The van der Waals surface area contributed by atoms with Crippen LogP contribution in [0.4, 0.5) is 0 Å². The van der Waals surface area contributed by atoms with Gasteiger partial charge in [-0.15, -0.1) is 0 Å². The van der Waals surface area contributed by atoms with Gasteiger partial charge in [0.1, 0.15) is 23.4 Å². The van der Waals surface area contributed by atoms with Crippen LogP contribution in [0.15, 0.2) is 40.7 Å². The molecule has 1 unspecified atom stereocenters. The molecule has 0 N–H and O–H groups in total. The number of allylic oxidation sites excluding steroid dienone is 1. The van der Waals surface area contributed by atoms with Gasteiger partial charge in [-0.1, -0.05) is 18.2 Å². The van der Waals surface area contributed by atoms with E-state index in [9.17, 15) is 4.79 Å². The fourth-order valence-corrected chi connectivity index (χ4v) is 2.48. The zero-order valence-electron chi connectivity index (χ0n) is 11.6. The summed E-state index contributed by atoms with van der Waals surface area (Å²) in [6, 6.07) is 7.77. The summed E-state index contributed by atoms with van der Waals surface area (Å²) in [5.74, 6) is 5.55. The van der Waals surface area contributed by atoms with Crippen molar-refractivity contribution in [3.63, 3.8) is 0 Å². The number of hydrogen-bond donors (Lipinski definition) is 0. The number of para-hydroxylation sites is 1. The average Bonchev–Trinajstić information content (AvgIpc) is 3.07. The van der Waals surface area contributed by atoms with Gasteiger partial charge in [-0.3, -0.25) is 0 Å². The summed E-state index contributed by atoms with van der Waals surface area (Å²) in [5.41, 5.74) is 2.58. The summed E-state index contributed by atoms with van der Waals surface area (Å²) in [7, 11) is 1.26. The number of esters is 1. The zero-order valence-corrected chi connectivity index (χ0v) is 11.6. The van der Waals surface area contributed by atoms with E-state index < -0.39 is 12.3 Å². The third kappa shape index (κ3) is 1.85. The van der Waals surface area contributed by atoms with Gasteiger partial charge in [-0.2, -0.15) is 0 Å². The fourth-order valence-electron chi connectivity index (χ4n) is 2.48. The molecule has 0 spiro atoms. The van der Waals surface area contributed by atoms with Crippen molar-refractivity contribution in [3.05, 3.63) is 47.6 Å². The smallest absolute Gasteiger partial charge is 0.384 e. The molecular formula is C17H10O5. The highest BCUT2D eigenvalue weighted by Crippen LogP contribution is 2.44. The summed E-state index contributed by atoms with van der Waals surface area (Å²) in [6.07, 6.45) is 2.54. The number of fused-ring (bicyclic) bond motifs is 5. The van der Waals surface area contributed by atoms with Crippen LogP contribution in [0.25, 0.3) is 22.6 Å². The highest BCUT2D eigenvalue weighted by Gasteiger charge is 2.31. The molecule has 2 heterocycles. The first-order valence-corrected chi connectivity index (χ1v) is 6.62. The van der Waals surface area contributed by atoms with E-state index >= 15 is 0 Å². The Morgan fingerprint density at radius 2 is 2.18 bits per heavy atom. The predicted molar refractivity (Wildman–Crippen MR) is 77.9 cm³/mol. The number of methoxy groups -OCH3 is 1. The lowest BCUT2D eigenvalue weighted by Crippen LogP contribution is -2.17. The lowest BCUT2D eigenvalue weighted by atomic mass is 10.1. The van der Waals surface area contributed by atoms with Crippen LogP contribution in [0.1, 0.15) is 11.3 Å². The highest BCUT2D eigenvalue weighted by atomic mass is 16.7. The molecule has 1 atom stereocenters. The number of ether oxygens (including phenoxy) is 3. The quantitative estimate of drug-likeness (QED) is 0.425. The van der Waals surface area contributed by atoms with Gasteiger partial charge in [0, 0.05) is 22.9 Å². The molecule has 0 saturated carbocycles. The van der Waals surface area contributed by atoms with Crippen molar-refractivity contribution in [2.45, 2.75) is 6.29 Å². The lowest BCUT2D eigenvalue weighted by Gasteiger charge is -2.20. The molecule has 0 bridgehead atoms. The molecule has 2 aromatic rings. The maximum Gasteiger partial charge on any atom is 0.384 e. The number of carbonyl (C=O) groups excluding carboxylic acids is 1. The first kappa shape index (κ1) is 12.6. The third-order valence-electron chi connectivity index (χ3n) is 3.44. The molecule has 22 heavy (non-hydrogen) atoms. The number of hydrogen-bond acceptors (Lipinski definition) is 5. The van der Waals surface area contributed by atoms with Crippen LogP contribution < -0.4 is 0 Å². The van der Waals surface area contributed by atoms with Gasteiger partial charge >= 0.3 is 12.3 Å². The van der Waals surface area contributed by atoms with Crippen LogP contribution >= 0.6 is 0 Å². The molecule has 108 valence electrons. The predicted octanol–water partition coefficient (Wildman–Crippen LogP) is 2.68. The normalized spacial score (nSPS) is 18.0. The van der Waals surface area contributed by atoms with Crippen molar-refractivity contribution in [2.24, 2.45) is 0 Å². The number of benzene rings is 1. The van der Waals surface area contributed by atoms with Crippen molar-refractivity contribution in [1.29, 1.82) is 0 Å². The Bertz CT molecular complexity index is 904. The van der Waals surface area contributed by atoms with Crippen LogP contribution in [0.2, 0.25) is 0 Å². The van der Waals surface area contributed by atoms with Crippen molar-refractivity contribution in [1.82, 2.24) is 0 Å². The van der Waals surface area contributed by atoms with E-state index in [1.54, 1.807) is 12.3 Å². The second-order valence-electron chi connectivity index (χ2n) is 4.72. The minimum absolute atomic E-state index is 0.620. The third-order valence-corrected chi connectivity index (χ3v) is 3.44. The molecule has 1 aromatic heterocycles. The fraction of sp³-hybridized carbons (Fsp3) is 0.118. The van der Waals surface area contributed by atoms with E-state index in [0.29, 0.717) is 5.76 Å². The van der Waals surface area contributed by atoms with E-state index in [-0.39, 0.29) is 0 Å². The Morgan fingerprint density at radius 3 is 3.05 bits per heavy atom. The summed E-state index contributed by atoms with van der Waals surface area (Å²) in [5, 5.41) is 1.00. The Morgan fingerprint density at radius 1 is 1.32 bits per heavy atom. The number of rotatable bonds is 0. The van der Waals surface area contributed by atoms with Gasteiger partial charge in [0.2, 0.25) is 0 Å². The van der Waals surface area contributed by atoms with E-state index in [2.05, 4.69) is 16.6 Å². The Labute approximate surface area is 125 Å². The number of carbonyl (C=O) groups is 1. The van der Waals surface area contributed by atoms with E-state index in [1.165, 1.54) is 7.11 Å². The molecule has 0 saturated heterocycles. The standard InChI is InChI=1S/C17H10O5/c1-19-15(18)6-7-16-20-9-11-13(22-16)8-14-17(11)10-4-2-3-5-12(10)21-14/h2-5,8-9,16H,1H3. The van der Waals surface area contributed by atoms with Crippen LogP contribution in [-0.2, 0) is 19.0 Å². The van der Waals surface area contributed by atoms with Crippen molar-refractivity contribution in [3.8, 4) is 11.8 Å². The summed E-state index contributed by atoms with van der Waals surface area (Å²) in [4.78, 5) is 11.0. The van der Waals surface area contributed by atoms with Crippen LogP contribution in [0.5, 0.6) is 0 Å². The van der Waals surface area contributed by atoms with Gasteiger partial charge in [0.15, 0.2) is 0 Å². The maximum atomic E-state index is 11.0. The first-order valence-electron chi connectivity index (χ1n) is 6.62. The second kappa shape index (κ2) is 4.71. The lowest BCUT2D eigenvalue weighted by molar-refractivity contribution is -0.133. The SMILES string of the molecule is COC(=O)C#CC1OC=C2C(=Cc3oc4ccccc4c32)O1. The van der Waals surface area contributed by atoms with Crippen LogP contribution in [-0.4, -0.2) is 19.4 Å². The molecule has 0 radical (unpaired) electrons. The zero-order chi connectivity index (χ0) is 15.1. The van der Waals surface area contributed by atoms with E-state index in [4.69, 9.17) is 13.9 Å². The molecular weight excluding hydrogens is 284 g/mol. The van der Waals surface area contributed by atoms with Crippen molar-refractivity contribution >= 4 is 28.6 Å². The summed E-state index contributed by atoms with van der Waals surface area (Å²) in [6.45, 7) is 0. The molecule has 4 rings (SSSR count). The van der Waals surface area contributed by atoms with Crippen LogP contribution in [0, 0.1) is 11.8 Å². The van der Waals surface area contributed by atoms with Gasteiger partial charge in [-0.05, 0) is 12.0 Å². The Balaban J connectivity index is 1.69. The van der Waals surface area contributed by atoms with Gasteiger partial charge in [-0.25, -0.2) is 4.79 Å². The second-order valence-corrected chi connectivity index (χ2v) is 4.72. The Kier molecular flexibility index (Phi) is 2.70. The monoisotopic (exact) mass is 294 g/mol. The minimum Gasteiger partial charge on any atom is -0.459 e. The van der Waals surface area contributed by atoms with E-state index in [0.717, 1.165) is 27.9 Å². The van der Waals surface area contributed by atoms with Gasteiger partial charge < -0.3 is 18.6 Å². The molecule has 0 amide bonds. The Hall–Kier alpha value is -3.13. The minimum atomic E-state index is -0.843. The highest BCUT2D eigenvalue weighted by molar-refractivity contribution is 6.03. The summed E-state index contributed by atoms with van der Waals surface area (Å²) < 4.78 is 21.3. The molecule has 1 aromatic carbocycles. The van der Waals surface area contributed by atoms with E-state index in [1.807, 2.05) is 24.3 Å². The first-order chi connectivity index (χ1) is 10.8. The average molecular weight is 294 g/mol. The topological polar surface area (TPSA) is 57.9 Å². The molecule has 2 aliphatic rings.